The van der Waals surface area contributed by atoms with Gasteiger partial charge in [-0.3, -0.25) is 14.2 Å². The molecule has 0 atom stereocenters. The molecule has 8 nitrogen and oxygen atoms in total. The van der Waals surface area contributed by atoms with Gasteiger partial charge in [0.2, 0.25) is 5.69 Å². The first-order chi connectivity index (χ1) is 16.5. The van der Waals surface area contributed by atoms with Gasteiger partial charge in [0.15, 0.2) is 0 Å². The van der Waals surface area contributed by atoms with Crippen LogP contribution in [0.4, 0.5) is 13.2 Å². The van der Waals surface area contributed by atoms with E-state index < -0.39 is 34.6 Å². The molecule has 0 radical (unpaired) electrons. The van der Waals surface area contributed by atoms with Crippen LogP contribution in [0.1, 0.15) is 39.2 Å². The average Bonchev–Trinajstić information content (AvgIpc) is 2.78. The first-order valence-corrected chi connectivity index (χ1v) is 10.8. The number of hydrogen-bond acceptors (Lipinski definition) is 5. The van der Waals surface area contributed by atoms with Gasteiger partial charge in [-0.25, -0.2) is 4.79 Å². The zero-order valence-corrected chi connectivity index (χ0v) is 19.5. The van der Waals surface area contributed by atoms with Crippen molar-refractivity contribution >= 4 is 5.91 Å². The average molecular weight is 490 g/mol. The number of aryl methyl sites for hydroxylation is 2. The lowest BCUT2D eigenvalue weighted by Gasteiger charge is -2.14. The van der Waals surface area contributed by atoms with Gasteiger partial charge in [0.05, 0.1) is 17.8 Å². The fraction of sp³-hybridized carbons (Fsp3) is 0.333. The Morgan fingerprint density at radius 3 is 2.26 bits per heavy atom. The van der Waals surface area contributed by atoms with E-state index in [0.29, 0.717) is 18.7 Å². The summed E-state index contributed by atoms with van der Waals surface area (Å²) in [5.74, 6) is -0.773. The van der Waals surface area contributed by atoms with Crippen molar-refractivity contribution in [3.63, 3.8) is 0 Å². The van der Waals surface area contributed by atoms with Crippen LogP contribution >= 0.6 is 0 Å². The fourth-order valence-electron chi connectivity index (χ4n) is 3.52. The standard InChI is InChI=1S/C24H25F3N4O4/c1-15-11-16(2)13-19(12-15)31-23(34)30(14-17-5-7-18(8-6-17)24(25,26)27)22(33)20(29-31)21(32)28-9-4-10-35-3/h5-8,11-13H,4,9-10,14H2,1-3H3,(H,28,32). The van der Waals surface area contributed by atoms with Crippen molar-refractivity contribution in [3.05, 3.63) is 91.3 Å². The Hall–Kier alpha value is -3.73. The van der Waals surface area contributed by atoms with Gasteiger partial charge in [-0.2, -0.15) is 23.0 Å². The van der Waals surface area contributed by atoms with Gasteiger partial charge >= 0.3 is 11.9 Å². The highest BCUT2D eigenvalue weighted by molar-refractivity contribution is 5.91. The molecule has 0 bridgehead atoms. The summed E-state index contributed by atoms with van der Waals surface area (Å²) in [6.45, 7) is 3.92. The molecule has 1 amide bonds. The monoisotopic (exact) mass is 490 g/mol. The Morgan fingerprint density at radius 1 is 1.06 bits per heavy atom. The lowest BCUT2D eigenvalue weighted by molar-refractivity contribution is -0.137. The van der Waals surface area contributed by atoms with Crippen LogP contribution in [0.3, 0.4) is 0 Å². The third kappa shape index (κ3) is 6.24. The number of ether oxygens (including phenoxy) is 1. The SMILES string of the molecule is COCCCNC(=O)c1nn(-c2cc(C)cc(C)c2)c(=O)n(Cc2ccc(C(F)(F)F)cc2)c1=O. The smallest absolute Gasteiger partial charge is 0.385 e. The summed E-state index contributed by atoms with van der Waals surface area (Å²) in [4.78, 5) is 39.1. The topological polar surface area (TPSA) is 95.2 Å². The third-order valence-electron chi connectivity index (χ3n) is 5.16. The van der Waals surface area contributed by atoms with E-state index in [9.17, 15) is 27.6 Å². The van der Waals surface area contributed by atoms with Crippen LogP contribution < -0.4 is 16.6 Å². The first kappa shape index (κ1) is 25.9. The van der Waals surface area contributed by atoms with E-state index in [1.54, 1.807) is 12.1 Å². The predicted molar refractivity (Wildman–Crippen MR) is 123 cm³/mol. The first-order valence-electron chi connectivity index (χ1n) is 10.8. The molecule has 35 heavy (non-hydrogen) atoms. The number of methoxy groups -OCH3 is 1. The molecule has 1 heterocycles. The molecule has 0 unspecified atom stereocenters. The molecule has 3 aromatic rings. The number of alkyl halides is 3. The van der Waals surface area contributed by atoms with Crippen LogP contribution in [0.15, 0.2) is 52.1 Å². The summed E-state index contributed by atoms with van der Waals surface area (Å²) in [6, 6.07) is 9.34. The van der Waals surface area contributed by atoms with E-state index in [1.165, 1.54) is 19.2 Å². The maximum absolute atomic E-state index is 13.3. The molecule has 0 aliphatic rings. The van der Waals surface area contributed by atoms with Gasteiger partial charge in [-0.1, -0.05) is 18.2 Å². The molecule has 186 valence electrons. The second-order valence-corrected chi connectivity index (χ2v) is 8.08. The number of nitrogens with zero attached hydrogens (tertiary/aromatic N) is 3. The van der Waals surface area contributed by atoms with Crippen LogP contribution in [0.5, 0.6) is 0 Å². The van der Waals surface area contributed by atoms with Crippen LogP contribution in [0.2, 0.25) is 0 Å². The number of benzene rings is 2. The Balaban J connectivity index is 2.10. The second-order valence-electron chi connectivity index (χ2n) is 8.08. The number of aromatic nitrogens is 3. The number of amides is 1. The van der Waals surface area contributed by atoms with Gasteiger partial charge < -0.3 is 10.1 Å². The fourth-order valence-corrected chi connectivity index (χ4v) is 3.52. The van der Waals surface area contributed by atoms with E-state index in [4.69, 9.17) is 4.74 Å². The molecule has 3 rings (SSSR count). The summed E-state index contributed by atoms with van der Waals surface area (Å²) < 4.78 is 45.4. The van der Waals surface area contributed by atoms with Crippen LogP contribution in [0.25, 0.3) is 5.69 Å². The van der Waals surface area contributed by atoms with Gasteiger partial charge in [0.25, 0.3) is 11.5 Å². The van der Waals surface area contributed by atoms with Crippen molar-refractivity contribution in [2.24, 2.45) is 0 Å². The molecule has 0 aliphatic heterocycles. The van der Waals surface area contributed by atoms with Crippen LogP contribution in [-0.4, -0.2) is 40.5 Å². The van der Waals surface area contributed by atoms with Crippen LogP contribution in [-0.2, 0) is 17.5 Å². The van der Waals surface area contributed by atoms with Gasteiger partial charge in [-0.05, 0) is 61.2 Å². The molecule has 0 spiro atoms. The van der Waals surface area contributed by atoms with Crippen molar-refractivity contribution in [2.75, 3.05) is 20.3 Å². The molecule has 11 heteroatoms. The highest BCUT2D eigenvalue weighted by Crippen LogP contribution is 2.29. The zero-order chi connectivity index (χ0) is 25.8. The zero-order valence-electron chi connectivity index (χ0n) is 19.5. The minimum atomic E-state index is -4.52. The molecular weight excluding hydrogens is 465 g/mol. The number of carbonyl (C=O) groups is 1. The normalized spacial score (nSPS) is 11.5. The quantitative estimate of drug-likeness (QED) is 0.490. The van der Waals surface area contributed by atoms with E-state index >= 15 is 0 Å². The Kier molecular flexibility index (Phi) is 7.90. The third-order valence-corrected chi connectivity index (χ3v) is 5.16. The van der Waals surface area contributed by atoms with Gasteiger partial charge in [0.1, 0.15) is 0 Å². The summed E-state index contributed by atoms with van der Waals surface area (Å²) in [7, 11) is 1.52. The molecule has 0 aliphatic carbocycles. The predicted octanol–water partition coefficient (Wildman–Crippen LogP) is 2.84. The lowest BCUT2D eigenvalue weighted by Crippen LogP contribution is -2.46. The molecule has 1 aromatic heterocycles. The molecule has 0 saturated carbocycles. The molecular formula is C24H25F3N4O4. The van der Waals surface area contributed by atoms with Gasteiger partial charge in [-0.15, -0.1) is 0 Å². The summed E-state index contributed by atoms with van der Waals surface area (Å²) >= 11 is 0. The summed E-state index contributed by atoms with van der Waals surface area (Å²) in [5, 5.41) is 6.63. The van der Waals surface area contributed by atoms with Crippen molar-refractivity contribution in [1.82, 2.24) is 19.7 Å². The minimum Gasteiger partial charge on any atom is -0.385 e. The number of rotatable bonds is 8. The maximum atomic E-state index is 13.3. The molecule has 0 fully saturated rings. The highest BCUT2D eigenvalue weighted by atomic mass is 19.4. The van der Waals surface area contributed by atoms with Crippen molar-refractivity contribution in [1.29, 1.82) is 0 Å². The minimum absolute atomic E-state index is 0.218. The number of halogens is 3. The van der Waals surface area contributed by atoms with Crippen molar-refractivity contribution < 1.29 is 22.7 Å². The van der Waals surface area contributed by atoms with Crippen LogP contribution in [0, 0.1) is 13.8 Å². The summed E-state index contributed by atoms with van der Waals surface area (Å²) in [6.07, 6.45) is -4.02. The van der Waals surface area contributed by atoms with Crippen molar-refractivity contribution in [2.45, 2.75) is 33.0 Å². The summed E-state index contributed by atoms with van der Waals surface area (Å²) in [5.41, 5.74) is -0.834. The number of hydrogen-bond donors (Lipinski definition) is 1. The van der Waals surface area contributed by atoms with Crippen molar-refractivity contribution in [3.8, 4) is 5.69 Å². The molecule has 2 aromatic carbocycles. The Labute approximate surface area is 199 Å². The lowest BCUT2D eigenvalue weighted by atomic mass is 10.1. The van der Waals surface area contributed by atoms with Gasteiger partial charge in [0, 0.05) is 20.3 Å². The number of nitrogens with one attached hydrogen (secondary N) is 1. The molecule has 1 N–H and O–H groups in total. The Bertz CT molecular complexity index is 1310. The van der Waals surface area contributed by atoms with E-state index in [2.05, 4.69) is 10.4 Å². The maximum Gasteiger partial charge on any atom is 0.416 e. The number of carbonyl (C=O) groups excluding carboxylic acids is 1. The second kappa shape index (κ2) is 10.7. The van der Waals surface area contributed by atoms with E-state index in [0.717, 1.165) is 32.5 Å². The largest absolute Gasteiger partial charge is 0.416 e. The van der Waals surface area contributed by atoms with E-state index in [1.807, 2.05) is 19.9 Å². The highest BCUT2D eigenvalue weighted by Gasteiger charge is 2.30. The molecule has 0 saturated heterocycles. The Morgan fingerprint density at radius 2 is 1.69 bits per heavy atom. The van der Waals surface area contributed by atoms with E-state index in [-0.39, 0.29) is 18.7 Å².